The smallest absolute Gasteiger partial charge is 0.269 e. The highest BCUT2D eigenvalue weighted by Gasteiger charge is 2.43. The molecule has 0 N–H and O–H groups in total. The standard InChI is InChI=1S/C26H24N4O2/c1-28-17-21(16-19-8-4-2-5-9-19)25-24(18-28)26(20-10-6-3-7-11-20)29(27-25)22-12-14-23(15-13-22)30(31)32/h2-16,24,26H,17-18H2,1H3/b21-16-/t24-,26-/m0/s1. The second-order valence-electron chi connectivity index (χ2n) is 8.34. The van der Waals surface area contributed by atoms with E-state index in [1.807, 2.05) is 29.3 Å². The number of nitrogens with zero attached hydrogens (tertiary/aromatic N) is 4. The molecule has 3 aromatic rings. The number of likely N-dealkylation sites (N-methyl/N-ethyl adjacent to an activating group) is 1. The number of non-ortho nitro benzene ring substituents is 1. The van der Waals surface area contributed by atoms with Gasteiger partial charge in [0.1, 0.15) is 0 Å². The number of nitro benzene ring substituents is 1. The number of benzene rings is 3. The van der Waals surface area contributed by atoms with Crippen molar-refractivity contribution in [3.8, 4) is 0 Å². The van der Waals surface area contributed by atoms with E-state index in [2.05, 4.69) is 54.4 Å². The van der Waals surface area contributed by atoms with E-state index in [4.69, 9.17) is 5.10 Å². The lowest BCUT2D eigenvalue weighted by atomic mass is 9.83. The van der Waals surface area contributed by atoms with Crippen LogP contribution in [0.4, 0.5) is 11.4 Å². The molecule has 0 aliphatic carbocycles. The fraction of sp³-hybridized carbons (Fsp3) is 0.192. The first-order chi connectivity index (χ1) is 15.6. The van der Waals surface area contributed by atoms with Crippen LogP contribution in [0.2, 0.25) is 0 Å². The Kier molecular flexibility index (Phi) is 5.29. The third-order valence-electron chi connectivity index (χ3n) is 6.10. The summed E-state index contributed by atoms with van der Waals surface area (Å²) in [5, 5.41) is 18.3. The van der Waals surface area contributed by atoms with Crippen LogP contribution in [0.3, 0.4) is 0 Å². The van der Waals surface area contributed by atoms with E-state index >= 15 is 0 Å². The van der Waals surface area contributed by atoms with Gasteiger partial charge in [0.2, 0.25) is 0 Å². The predicted molar refractivity (Wildman–Crippen MR) is 128 cm³/mol. The van der Waals surface area contributed by atoms with Crippen LogP contribution in [0.1, 0.15) is 17.2 Å². The van der Waals surface area contributed by atoms with Gasteiger partial charge in [-0.1, -0.05) is 60.7 Å². The molecular formula is C26H24N4O2. The minimum Gasteiger partial charge on any atom is -0.301 e. The van der Waals surface area contributed by atoms with Gasteiger partial charge in [-0.3, -0.25) is 15.1 Å². The van der Waals surface area contributed by atoms with Crippen LogP contribution in [0.25, 0.3) is 6.08 Å². The lowest BCUT2D eigenvalue weighted by Crippen LogP contribution is -2.41. The van der Waals surface area contributed by atoms with E-state index in [9.17, 15) is 10.1 Å². The molecule has 2 aliphatic rings. The molecule has 6 heteroatoms. The van der Waals surface area contributed by atoms with Gasteiger partial charge in [0.25, 0.3) is 5.69 Å². The fourth-order valence-corrected chi connectivity index (χ4v) is 4.67. The maximum atomic E-state index is 11.1. The van der Waals surface area contributed by atoms with E-state index < -0.39 is 0 Å². The summed E-state index contributed by atoms with van der Waals surface area (Å²) in [7, 11) is 2.15. The first-order valence-electron chi connectivity index (χ1n) is 10.7. The van der Waals surface area contributed by atoms with Crippen molar-refractivity contribution in [2.75, 3.05) is 25.1 Å². The highest BCUT2D eigenvalue weighted by molar-refractivity contribution is 6.08. The van der Waals surface area contributed by atoms with Crippen LogP contribution in [-0.4, -0.2) is 35.7 Å². The Hall–Kier alpha value is -3.77. The summed E-state index contributed by atoms with van der Waals surface area (Å²) in [6.07, 6.45) is 2.23. The van der Waals surface area contributed by atoms with Gasteiger partial charge in [0, 0.05) is 31.1 Å². The Morgan fingerprint density at radius 2 is 1.62 bits per heavy atom. The van der Waals surface area contributed by atoms with E-state index in [1.54, 1.807) is 24.3 Å². The number of hydrogen-bond acceptors (Lipinski definition) is 5. The van der Waals surface area contributed by atoms with Gasteiger partial charge in [-0.25, -0.2) is 0 Å². The van der Waals surface area contributed by atoms with Gasteiger partial charge >= 0.3 is 0 Å². The van der Waals surface area contributed by atoms with Crippen molar-refractivity contribution >= 4 is 23.2 Å². The number of rotatable bonds is 4. The molecule has 0 spiro atoms. The Balaban J connectivity index is 1.60. The minimum atomic E-state index is -0.371. The number of likely N-dealkylation sites (tertiary alicyclic amines) is 1. The van der Waals surface area contributed by atoms with Gasteiger partial charge in [-0.05, 0) is 42.0 Å². The second kappa shape index (κ2) is 8.40. The molecule has 32 heavy (non-hydrogen) atoms. The monoisotopic (exact) mass is 424 g/mol. The first kappa shape index (κ1) is 20.2. The zero-order valence-electron chi connectivity index (χ0n) is 17.8. The molecule has 0 unspecified atom stereocenters. The van der Waals surface area contributed by atoms with Crippen molar-refractivity contribution < 1.29 is 4.92 Å². The summed E-state index contributed by atoms with van der Waals surface area (Å²) >= 11 is 0. The molecule has 3 aromatic carbocycles. The molecule has 0 amide bonds. The van der Waals surface area contributed by atoms with Gasteiger partial charge in [-0.15, -0.1) is 0 Å². The van der Waals surface area contributed by atoms with Crippen molar-refractivity contribution in [1.29, 1.82) is 0 Å². The molecule has 1 saturated heterocycles. The second-order valence-corrected chi connectivity index (χ2v) is 8.34. The Morgan fingerprint density at radius 3 is 2.28 bits per heavy atom. The molecule has 5 rings (SSSR count). The zero-order chi connectivity index (χ0) is 22.1. The summed E-state index contributed by atoms with van der Waals surface area (Å²) in [6.45, 7) is 1.73. The summed E-state index contributed by atoms with van der Waals surface area (Å²) in [5.41, 5.74) is 5.58. The first-order valence-corrected chi connectivity index (χ1v) is 10.7. The van der Waals surface area contributed by atoms with Crippen molar-refractivity contribution in [2.24, 2.45) is 11.0 Å². The topological polar surface area (TPSA) is 62.0 Å². The van der Waals surface area contributed by atoms with E-state index in [0.29, 0.717) is 0 Å². The number of anilines is 1. The quantitative estimate of drug-likeness (QED) is 0.429. The number of hydrazone groups is 1. The van der Waals surface area contributed by atoms with Crippen molar-refractivity contribution in [3.63, 3.8) is 0 Å². The Bertz CT molecular complexity index is 1170. The molecule has 0 radical (unpaired) electrons. The maximum Gasteiger partial charge on any atom is 0.269 e. The lowest BCUT2D eigenvalue weighted by Gasteiger charge is -2.34. The van der Waals surface area contributed by atoms with Crippen molar-refractivity contribution in [1.82, 2.24) is 4.90 Å². The van der Waals surface area contributed by atoms with E-state index in [-0.39, 0.29) is 22.6 Å². The summed E-state index contributed by atoms with van der Waals surface area (Å²) in [4.78, 5) is 13.1. The van der Waals surface area contributed by atoms with Crippen LogP contribution < -0.4 is 5.01 Å². The number of piperidine rings is 1. The molecule has 160 valence electrons. The summed E-state index contributed by atoms with van der Waals surface area (Å²) in [6, 6.07) is 27.4. The summed E-state index contributed by atoms with van der Waals surface area (Å²) in [5.74, 6) is 0.196. The highest BCUT2D eigenvalue weighted by atomic mass is 16.6. The van der Waals surface area contributed by atoms with Crippen molar-refractivity contribution in [3.05, 3.63) is 112 Å². The van der Waals surface area contributed by atoms with E-state index in [0.717, 1.165) is 30.1 Å². The molecule has 0 bridgehead atoms. The van der Waals surface area contributed by atoms with Gasteiger partial charge in [-0.2, -0.15) is 5.10 Å². The molecule has 2 atom stereocenters. The lowest BCUT2D eigenvalue weighted by molar-refractivity contribution is -0.384. The molecule has 0 aromatic heterocycles. The van der Waals surface area contributed by atoms with Crippen molar-refractivity contribution in [2.45, 2.75) is 6.04 Å². The molecular weight excluding hydrogens is 400 g/mol. The average molecular weight is 425 g/mol. The average Bonchev–Trinajstić information content (AvgIpc) is 3.20. The van der Waals surface area contributed by atoms with Gasteiger partial charge in [0.05, 0.1) is 22.4 Å². The molecule has 1 fully saturated rings. The Labute approximate surface area is 187 Å². The van der Waals surface area contributed by atoms with Crippen LogP contribution in [-0.2, 0) is 0 Å². The minimum absolute atomic E-state index is 0.0228. The van der Waals surface area contributed by atoms with Crippen LogP contribution in [0.15, 0.2) is 95.6 Å². The fourth-order valence-electron chi connectivity index (χ4n) is 4.67. The van der Waals surface area contributed by atoms with Gasteiger partial charge < -0.3 is 4.90 Å². The van der Waals surface area contributed by atoms with E-state index in [1.165, 1.54) is 11.1 Å². The maximum absolute atomic E-state index is 11.1. The molecule has 0 saturated carbocycles. The zero-order valence-corrected chi connectivity index (χ0v) is 17.8. The number of hydrogen-bond donors (Lipinski definition) is 0. The van der Waals surface area contributed by atoms with Crippen LogP contribution in [0.5, 0.6) is 0 Å². The normalized spacial score (nSPS) is 22.0. The molecule has 2 aliphatic heterocycles. The third kappa shape index (κ3) is 3.81. The van der Waals surface area contributed by atoms with Crippen LogP contribution >= 0.6 is 0 Å². The number of fused-ring (bicyclic) bond motifs is 1. The molecule has 6 nitrogen and oxygen atoms in total. The number of nitro groups is 1. The molecule has 2 heterocycles. The SMILES string of the molecule is CN1C/C(=C/c2ccccc2)C2=NN(c3ccc([N+](=O)[O-])cc3)[C@@H](c3ccccc3)[C@H]2C1. The predicted octanol–water partition coefficient (Wildman–Crippen LogP) is 5.16. The Morgan fingerprint density at radius 1 is 0.969 bits per heavy atom. The van der Waals surface area contributed by atoms with Gasteiger partial charge in [0.15, 0.2) is 0 Å². The third-order valence-corrected chi connectivity index (χ3v) is 6.10. The highest BCUT2D eigenvalue weighted by Crippen LogP contribution is 2.43. The van der Waals surface area contributed by atoms with Crippen LogP contribution in [0, 0.1) is 16.0 Å². The largest absolute Gasteiger partial charge is 0.301 e. The summed E-state index contributed by atoms with van der Waals surface area (Å²) < 4.78 is 0.